The molecular formula is C48H91IN2O5. The second kappa shape index (κ2) is 40.9. The Morgan fingerprint density at radius 3 is 1.59 bits per heavy atom. The Morgan fingerprint density at radius 2 is 1.05 bits per heavy atom. The van der Waals surface area contributed by atoms with Crippen LogP contribution in [0, 0.1) is 0 Å². The zero-order valence-corrected chi connectivity index (χ0v) is 39.2. The minimum atomic E-state index is -0.0235. The second-order valence-corrected chi connectivity index (χ2v) is 18.0. The fourth-order valence-electron chi connectivity index (χ4n) is 8.00. The summed E-state index contributed by atoms with van der Waals surface area (Å²) in [5.74, 6) is 0.324. The smallest absolute Gasteiger partial charge is 0.306 e. The van der Waals surface area contributed by atoms with Gasteiger partial charge in [0.25, 0.3) is 0 Å². The fourth-order valence-corrected chi connectivity index (χ4v) is 8.54. The zero-order chi connectivity index (χ0) is 40.6. The molecule has 0 aromatic heterocycles. The first-order chi connectivity index (χ1) is 27.5. The molecule has 1 aliphatic rings. The lowest BCUT2D eigenvalue weighted by Gasteiger charge is -2.24. The SMILES string of the molecule is CCCCCCCCCOC(=O)CCCCCCCN(CCCCCCCC(=O)OC(CCCCCCCC)CCCCCCCI)CCCN1CCCC1=O. The minimum absolute atomic E-state index is 0.0206. The quantitative estimate of drug-likeness (QED) is 0.0263. The molecule has 1 unspecified atom stereocenters. The van der Waals surface area contributed by atoms with Crippen molar-refractivity contribution in [3.05, 3.63) is 0 Å². The van der Waals surface area contributed by atoms with E-state index in [-0.39, 0.29) is 18.0 Å². The van der Waals surface area contributed by atoms with Gasteiger partial charge in [0.1, 0.15) is 6.10 Å². The average Bonchev–Trinajstić information content (AvgIpc) is 3.61. The molecule has 330 valence electrons. The summed E-state index contributed by atoms with van der Waals surface area (Å²) in [6.45, 7) is 10.2. The first-order valence-electron chi connectivity index (χ1n) is 24.4. The number of hydrogen-bond donors (Lipinski definition) is 0. The lowest BCUT2D eigenvalue weighted by atomic mass is 10.0. The third kappa shape index (κ3) is 34.0. The monoisotopic (exact) mass is 903 g/mol. The number of hydrogen-bond acceptors (Lipinski definition) is 6. The highest BCUT2D eigenvalue weighted by Crippen LogP contribution is 2.19. The molecule has 1 fully saturated rings. The summed E-state index contributed by atoms with van der Waals surface area (Å²) >= 11 is 2.47. The van der Waals surface area contributed by atoms with Crippen molar-refractivity contribution in [2.24, 2.45) is 0 Å². The van der Waals surface area contributed by atoms with Crippen LogP contribution in [0.5, 0.6) is 0 Å². The molecule has 0 spiro atoms. The third-order valence-corrected chi connectivity index (χ3v) is 12.4. The van der Waals surface area contributed by atoms with Crippen LogP contribution in [0.15, 0.2) is 0 Å². The van der Waals surface area contributed by atoms with E-state index in [0.29, 0.717) is 25.4 Å². The number of rotatable bonds is 43. The van der Waals surface area contributed by atoms with Crippen molar-refractivity contribution in [2.75, 3.05) is 43.8 Å². The largest absolute Gasteiger partial charge is 0.466 e. The molecule has 0 aromatic rings. The molecule has 1 heterocycles. The molecule has 1 rings (SSSR count). The Hall–Kier alpha value is -0.900. The van der Waals surface area contributed by atoms with Crippen molar-refractivity contribution in [1.82, 2.24) is 9.80 Å². The summed E-state index contributed by atoms with van der Waals surface area (Å²) in [7, 11) is 0. The Morgan fingerprint density at radius 1 is 0.589 bits per heavy atom. The lowest BCUT2D eigenvalue weighted by molar-refractivity contribution is -0.150. The van der Waals surface area contributed by atoms with Crippen molar-refractivity contribution in [2.45, 2.75) is 245 Å². The summed E-state index contributed by atoms with van der Waals surface area (Å²) in [6.07, 6.45) is 40.0. The number of carbonyl (C=O) groups excluding carboxylic acids is 3. The van der Waals surface area contributed by atoms with E-state index in [4.69, 9.17) is 9.47 Å². The highest BCUT2D eigenvalue weighted by molar-refractivity contribution is 14.1. The number of likely N-dealkylation sites (tertiary alicyclic amines) is 1. The van der Waals surface area contributed by atoms with Crippen LogP contribution in [0.25, 0.3) is 0 Å². The molecule has 1 atom stereocenters. The maximum absolute atomic E-state index is 12.8. The number of alkyl halides is 1. The molecule has 0 aromatic carbocycles. The lowest BCUT2D eigenvalue weighted by Crippen LogP contribution is -2.32. The number of nitrogens with zero attached hydrogens (tertiary/aromatic N) is 2. The van der Waals surface area contributed by atoms with E-state index in [9.17, 15) is 14.4 Å². The zero-order valence-electron chi connectivity index (χ0n) is 37.1. The molecule has 8 heteroatoms. The van der Waals surface area contributed by atoms with Gasteiger partial charge in [0.05, 0.1) is 6.61 Å². The molecule has 0 aliphatic carbocycles. The molecule has 0 N–H and O–H groups in total. The molecule has 0 saturated carbocycles. The van der Waals surface area contributed by atoms with E-state index in [1.165, 1.54) is 152 Å². The molecule has 1 amide bonds. The topological polar surface area (TPSA) is 76.2 Å². The maximum Gasteiger partial charge on any atom is 0.306 e. The highest BCUT2D eigenvalue weighted by atomic mass is 127. The van der Waals surface area contributed by atoms with Crippen LogP contribution in [0.1, 0.15) is 239 Å². The first-order valence-corrected chi connectivity index (χ1v) is 25.9. The van der Waals surface area contributed by atoms with Crippen LogP contribution < -0.4 is 0 Å². The van der Waals surface area contributed by atoms with Gasteiger partial charge in [-0.05, 0) is 101 Å². The summed E-state index contributed by atoms with van der Waals surface area (Å²) in [5, 5.41) is 0. The first kappa shape index (κ1) is 53.1. The van der Waals surface area contributed by atoms with Crippen molar-refractivity contribution >= 4 is 40.4 Å². The summed E-state index contributed by atoms with van der Waals surface area (Å²) in [5.41, 5.74) is 0. The summed E-state index contributed by atoms with van der Waals surface area (Å²) < 4.78 is 12.8. The summed E-state index contributed by atoms with van der Waals surface area (Å²) in [4.78, 5) is 41.7. The van der Waals surface area contributed by atoms with Gasteiger partial charge in [-0.2, -0.15) is 0 Å². The van der Waals surface area contributed by atoms with Gasteiger partial charge in [-0.15, -0.1) is 0 Å². The van der Waals surface area contributed by atoms with E-state index in [1.54, 1.807) is 0 Å². The van der Waals surface area contributed by atoms with Gasteiger partial charge in [0.15, 0.2) is 0 Å². The Balaban J connectivity index is 2.27. The van der Waals surface area contributed by atoms with Crippen LogP contribution in [0.2, 0.25) is 0 Å². The van der Waals surface area contributed by atoms with Crippen molar-refractivity contribution in [1.29, 1.82) is 0 Å². The average molecular weight is 903 g/mol. The predicted molar refractivity (Wildman–Crippen MR) is 246 cm³/mol. The minimum Gasteiger partial charge on any atom is -0.466 e. The Kier molecular flexibility index (Phi) is 38.8. The molecule has 56 heavy (non-hydrogen) atoms. The fraction of sp³-hybridized carbons (Fsp3) is 0.938. The van der Waals surface area contributed by atoms with Crippen molar-refractivity contribution in [3.63, 3.8) is 0 Å². The molecule has 0 radical (unpaired) electrons. The third-order valence-electron chi connectivity index (χ3n) is 11.6. The molecular weight excluding hydrogens is 811 g/mol. The summed E-state index contributed by atoms with van der Waals surface area (Å²) in [6, 6.07) is 0. The van der Waals surface area contributed by atoms with E-state index < -0.39 is 0 Å². The van der Waals surface area contributed by atoms with Gasteiger partial charge in [0.2, 0.25) is 5.91 Å². The van der Waals surface area contributed by atoms with Crippen LogP contribution >= 0.6 is 22.6 Å². The van der Waals surface area contributed by atoms with Gasteiger partial charge >= 0.3 is 11.9 Å². The van der Waals surface area contributed by atoms with Crippen molar-refractivity contribution < 1.29 is 23.9 Å². The van der Waals surface area contributed by atoms with Gasteiger partial charge in [-0.1, -0.05) is 165 Å². The molecule has 7 nitrogen and oxygen atoms in total. The van der Waals surface area contributed by atoms with Crippen LogP contribution in [-0.4, -0.2) is 77.5 Å². The number of amides is 1. The van der Waals surface area contributed by atoms with E-state index in [0.717, 1.165) is 96.9 Å². The Bertz CT molecular complexity index is 889. The number of esters is 2. The van der Waals surface area contributed by atoms with Crippen LogP contribution in [0.3, 0.4) is 0 Å². The number of carbonyl (C=O) groups is 3. The predicted octanol–water partition coefficient (Wildman–Crippen LogP) is 13.7. The van der Waals surface area contributed by atoms with E-state index in [2.05, 4.69) is 41.3 Å². The molecule has 0 bridgehead atoms. The van der Waals surface area contributed by atoms with Crippen LogP contribution in [0.4, 0.5) is 0 Å². The Labute approximate surface area is 360 Å². The maximum atomic E-state index is 12.8. The normalized spacial score (nSPS) is 13.6. The molecule has 1 saturated heterocycles. The standard InChI is InChI=1S/C48H91IN2O5/c1-3-5-7-9-11-22-30-44-55-47(53)36-25-17-13-20-28-39-50(41-32-43-51-42-31-35-46(51)52)40-29-21-14-18-26-37-48(54)56-45(33-23-15-10-8-6-4-2)34-24-16-12-19-27-38-49/h45H,3-44H2,1-2H3. The van der Waals surface area contributed by atoms with E-state index in [1.807, 2.05) is 4.90 Å². The second-order valence-electron chi connectivity index (χ2n) is 17.0. The van der Waals surface area contributed by atoms with E-state index >= 15 is 0 Å². The number of halogens is 1. The number of unbranched alkanes of at least 4 members (excludes halogenated alkanes) is 23. The highest BCUT2D eigenvalue weighted by Gasteiger charge is 2.19. The van der Waals surface area contributed by atoms with Crippen LogP contribution in [-0.2, 0) is 23.9 Å². The van der Waals surface area contributed by atoms with Gasteiger partial charge in [-0.3, -0.25) is 14.4 Å². The molecule has 1 aliphatic heterocycles. The van der Waals surface area contributed by atoms with Gasteiger partial charge in [-0.25, -0.2) is 0 Å². The van der Waals surface area contributed by atoms with Gasteiger partial charge < -0.3 is 19.3 Å². The van der Waals surface area contributed by atoms with Gasteiger partial charge in [0, 0.05) is 32.4 Å². The number of ether oxygens (including phenoxy) is 2. The van der Waals surface area contributed by atoms with Crippen molar-refractivity contribution in [3.8, 4) is 0 Å².